The Labute approximate surface area is 750 Å². The summed E-state index contributed by atoms with van der Waals surface area (Å²) in [5.74, 6) is -0.792. The van der Waals surface area contributed by atoms with Gasteiger partial charge in [-0.15, -0.1) is 0 Å². The van der Waals surface area contributed by atoms with Crippen molar-refractivity contribution in [1.29, 1.82) is 0 Å². The van der Waals surface area contributed by atoms with Gasteiger partial charge in [-0.25, -0.2) is 61.0 Å². The fourth-order valence-corrected chi connectivity index (χ4v) is 26.0. The van der Waals surface area contributed by atoms with Gasteiger partial charge >= 0.3 is 0 Å². The second-order valence-corrected chi connectivity index (χ2v) is 40.8. The number of nitrogens with zero attached hydrogens (tertiary/aromatic N) is 8. The number of aromatic nitrogens is 5. The zero-order valence-corrected chi connectivity index (χ0v) is 74.0. The number of rotatable bonds is 10. The Kier molecular flexibility index (Phi) is 23.6. The number of fused-ring (bicyclic) bond motifs is 10. The molecule has 0 spiro atoms. The molecule has 0 aliphatic carbocycles. The molecule has 0 saturated heterocycles. The average Bonchev–Trinajstić information content (AvgIpc) is 1.55. The molecule has 0 bridgehead atoms. The van der Waals surface area contributed by atoms with Crippen molar-refractivity contribution in [2.24, 2.45) is 0 Å². The summed E-state index contributed by atoms with van der Waals surface area (Å²) in [4.78, 5) is 82.8. The molecule has 5 aliphatic heterocycles. The molecule has 15 aromatic rings. The van der Waals surface area contributed by atoms with Crippen LogP contribution in [0.25, 0.3) is 68.4 Å². The lowest BCUT2D eigenvalue weighted by molar-refractivity contribution is 0.590. The maximum Gasteiger partial charge on any atom is 0.265 e. The van der Waals surface area contributed by atoms with Crippen molar-refractivity contribution in [2.75, 3.05) is 54.2 Å². The van der Waals surface area contributed by atoms with E-state index in [0.29, 0.717) is 145 Å². The number of pyridine rings is 5. The predicted octanol–water partition coefficient (Wildman–Crippen LogP) is 16.4. The van der Waals surface area contributed by atoms with E-state index >= 15 is 0 Å². The largest absolute Gasteiger partial charge is 0.329 e. The van der Waals surface area contributed by atoms with Gasteiger partial charge in [-0.1, -0.05) is 113 Å². The van der Waals surface area contributed by atoms with Gasteiger partial charge < -0.3 is 24.9 Å². The Morgan fingerprint density at radius 1 is 0.312 bits per heavy atom. The van der Waals surface area contributed by atoms with Crippen LogP contribution in [0.5, 0.6) is 0 Å². The highest BCUT2D eigenvalue weighted by molar-refractivity contribution is 7.94. The first-order chi connectivity index (χ1) is 61.0. The van der Waals surface area contributed by atoms with Crippen molar-refractivity contribution in [1.82, 2.24) is 24.9 Å². The van der Waals surface area contributed by atoms with Gasteiger partial charge in [0.1, 0.15) is 5.82 Å². The number of benzene rings is 10. The Balaban J connectivity index is 0.000000117. The van der Waals surface area contributed by atoms with Crippen LogP contribution in [0.4, 0.5) is 49.9 Å². The van der Waals surface area contributed by atoms with Crippen molar-refractivity contribution in [3.8, 4) is 0 Å². The molecule has 5 N–H and O–H groups in total. The third kappa shape index (κ3) is 16.0. The Bertz CT molecular complexity index is 8160. The number of H-pyrrole nitrogens is 5. The quantitative estimate of drug-likeness (QED) is 0.0794. The van der Waals surface area contributed by atoms with Gasteiger partial charge in [0.2, 0.25) is 0 Å². The molecule has 0 atom stereocenters. The molecule has 0 saturated carbocycles. The lowest BCUT2D eigenvalue weighted by atomic mass is 10.1. The number of hydrogen-bond donors (Lipinski definition) is 5. The molecular formula is C90H66Cl4FN13O15S5. The molecule has 0 fully saturated rings. The summed E-state index contributed by atoms with van der Waals surface area (Å²) < 4.78 is 154. The van der Waals surface area contributed by atoms with Gasteiger partial charge in [-0.05, 0) is 201 Å². The molecule has 646 valence electrons. The molecular weight excluding hydrogens is 1820 g/mol. The summed E-state index contributed by atoms with van der Waals surface area (Å²) in [6.45, 7) is 26.7. The number of halogens is 5. The number of nitrogens with one attached hydrogen (secondary N) is 5. The summed E-state index contributed by atoms with van der Waals surface area (Å²) in [7, 11) is -19.6. The highest BCUT2D eigenvalue weighted by Gasteiger charge is 2.39. The Morgan fingerprint density at radius 3 is 1.11 bits per heavy atom. The number of anilines is 5. The van der Waals surface area contributed by atoms with Gasteiger partial charge in [0.15, 0.2) is 17.1 Å². The highest BCUT2D eigenvalue weighted by atomic mass is 35.5. The molecule has 20 rings (SSSR count). The zero-order chi connectivity index (χ0) is 91.0. The minimum atomic E-state index is -4.05. The van der Waals surface area contributed by atoms with Crippen LogP contribution in [0.15, 0.2) is 261 Å². The van der Waals surface area contributed by atoms with E-state index in [0.717, 1.165) is 39.6 Å². The van der Waals surface area contributed by atoms with Crippen LogP contribution in [-0.4, -0.2) is 99.7 Å². The predicted molar refractivity (Wildman–Crippen MR) is 494 cm³/mol. The number of aromatic amines is 5. The molecule has 5 aliphatic rings. The second kappa shape index (κ2) is 34.4. The maximum atomic E-state index is 14.3. The van der Waals surface area contributed by atoms with Crippen molar-refractivity contribution < 1.29 is 46.5 Å². The lowest BCUT2D eigenvalue weighted by Gasteiger charge is -2.21. The molecule has 5 aromatic heterocycles. The van der Waals surface area contributed by atoms with Crippen LogP contribution in [-0.2, 0) is 82.2 Å². The van der Waals surface area contributed by atoms with Crippen LogP contribution >= 0.6 is 46.4 Å². The zero-order valence-electron chi connectivity index (χ0n) is 66.9. The van der Waals surface area contributed by atoms with E-state index in [1.165, 1.54) is 101 Å². The smallest absolute Gasteiger partial charge is 0.265 e. The maximum absolute atomic E-state index is 14.3. The van der Waals surface area contributed by atoms with Gasteiger partial charge in [0.05, 0.1) is 61.0 Å². The molecule has 28 nitrogen and oxygen atoms in total. The minimum Gasteiger partial charge on any atom is -0.329 e. The van der Waals surface area contributed by atoms with Crippen LogP contribution in [0.3, 0.4) is 0 Å². The van der Waals surface area contributed by atoms with Crippen LogP contribution < -0.4 is 49.3 Å². The van der Waals surface area contributed by atoms with E-state index in [9.17, 15) is 70.5 Å². The molecule has 0 unspecified atom stereocenters. The fourth-order valence-electron chi connectivity index (χ4n) is 16.5. The van der Waals surface area contributed by atoms with E-state index < -0.39 is 67.1 Å². The molecule has 0 amide bonds. The van der Waals surface area contributed by atoms with Gasteiger partial charge in [-0.3, -0.25) is 45.5 Å². The van der Waals surface area contributed by atoms with E-state index in [-0.39, 0.29) is 85.8 Å². The second-order valence-electron chi connectivity index (χ2n) is 29.9. The number of aryl methyl sites for hydroxylation is 2. The first-order valence-corrected chi connectivity index (χ1v) is 47.6. The molecule has 10 heterocycles. The Hall–Kier alpha value is -13.4. The number of sulfonamides is 5. The summed E-state index contributed by atoms with van der Waals surface area (Å²) in [5.41, 5.74) is 7.92. The summed E-state index contributed by atoms with van der Waals surface area (Å²) in [6, 6.07) is 47.7. The third-order valence-electron chi connectivity index (χ3n) is 22.5. The van der Waals surface area contributed by atoms with E-state index in [2.05, 4.69) is 39.5 Å². The van der Waals surface area contributed by atoms with Crippen molar-refractivity contribution in [3.63, 3.8) is 0 Å². The van der Waals surface area contributed by atoms with Crippen molar-refractivity contribution in [3.05, 3.63) is 364 Å². The van der Waals surface area contributed by atoms with Crippen molar-refractivity contribution >= 4 is 196 Å². The standard InChI is InChI=1S/2C19H15N3O3S.C18H12ClN3O3S.C17H12Cl2N2O3S.C17H12ClFN2O3S/c1-12-10-13(20-2)11-17-14(12)7-9-22(17)26(24,25)18-5-3-4-16-15(18)6-8-21-19(16)23;1-12-11-21-19(23)15-4-3-5-17(18(12)15)26(24,25)22-9-8-13-6-7-14(20-2)10-16(13)22;1-20-13-3-2-11-5-7-22(16(11)10-13)26(24,25)17-9-12(19)8-15-14(17)4-6-21-18(15)23;18-11-2-1-10-4-6-21(15(10)8-11)25(23,24)16-9-12(19)7-14-13(16)3-5-20-17(14)22;18-11-5-4-10-6-7-21(14(10)8-11)25(23,24)15-3-1-2-12-16(15)13(19)9-20-17(12)22/h3-6,8,10-11H,7,9H2,1H3,(H,21,23);3-7,10-11H,8-9H2,1H3,(H,21,23);2-4,6,8-10H,5,7H2,(H,21,23);1-3,5,7-9H,4,6H2,(H,20,22);1-5,8-9H,6-7H2,(H,20,22). The topological polar surface area (TPSA) is 364 Å². The first-order valence-electron chi connectivity index (χ1n) is 38.9. The van der Waals surface area contributed by atoms with Crippen LogP contribution in [0.1, 0.15) is 38.9 Å². The first kappa shape index (κ1) is 88.0. The SMILES string of the molecule is O=c1[nH]cc(F)c2c(S(=O)(=O)N3CCc4ccc(Cl)cc43)cccc12.O=c1[nH]ccc2c(S(=O)(=O)N3CCc4ccc(Cl)cc43)cc(Cl)cc12.[C-]#[N+]c1cc(C)c2c(c1)N(S(=O)(=O)c1cccc3c(=O)[nH]ccc13)CC2.[C-]#[N+]c1ccc2c(c1)N(S(=O)(=O)c1cc(Cl)cc3c(=O)[nH]ccc13)CC2.[C-]#[N+]c1ccc2c(c1)N(S(=O)(=O)c1cccc3c(=O)[nH]cc(C)c13)CC2. The van der Waals surface area contributed by atoms with Crippen molar-refractivity contribution in [2.45, 2.75) is 70.4 Å². The minimum absolute atomic E-state index is 0.00779. The van der Waals surface area contributed by atoms with Crippen LogP contribution in [0.2, 0.25) is 20.1 Å². The van der Waals surface area contributed by atoms with Crippen LogP contribution in [0, 0.1) is 39.4 Å². The Morgan fingerprint density at radius 2 is 0.656 bits per heavy atom. The van der Waals surface area contributed by atoms with E-state index in [1.54, 1.807) is 128 Å². The fraction of sp³-hybridized carbons (Fsp3) is 0.133. The summed E-state index contributed by atoms with van der Waals surface area (Å²) in [6.07, 6.45) is 9.58. The monoisotopic (exact) mass is 1890 g/mol. The van der Waals surface area contributed by atoms with Gasteiger partial charge in [-0.2, -0.15) is 0 Å². The molecule has 128 heavy (non-hydrogen) atoms. The third-order valence-corrected chi connectivity index (χ3v) is 32.7. The highest BCUT2D eigenvalue weighted by Crippen LogP contribution is 2.45. The molecule has 0 radical (unpaired) electrons. The number of hydrogen-bond acceptors (Lipinski definition) is 15. The molecule has 10 aromatic carbocycles. The normalized spacial score (nSPS) is 13.8. The summed E-state index contributed by atoms with van der Waals surface area (Å²) in [5, 5.41) is 3.63. The van der Waals surface area contributed by atoms with Gasteiger partial charge in [0, 0.05) is 149 Å². The lowest BCUT2D eigenvalue weighted by Crippen LogP contribution is -2.29. The molecule has 38 heteroatoms. The van der Waals surface area contributed by atoms with E-state index in [4.69, 9.17) is 66.1 Å². The van der Waals surface area contributed by atoms with Gasteiger partial charge in [0.25, 0.3) is 77.9 Å². The van der Waals surface area contributed by atoms with E-state index in [1.807, 2.05) is 13.0 Å². The average molecular weight is 1890 g/mol. The summed E-state index contributed by atoms with van der Waals surface area (Å²) >= 11 is 24.2.